The summed E-state index contributed by atoms with van der Waals surface area (Å²) < 4.78 is 5.19. The summed E-state index contributed by atoms with van der Waals surface area (Å²) in [4.78, 5) is 2.65. The Morgan fingerprint density at radius 2 is 1.86 bits per heavy atom. The van der Waals surface area contributed by atoms with E-state index in [2.05, 4.69) is 25.7 Å². The van der Waals surface area contributed by atoms with Crippen LogP contribution in [0.15, 0.2) is 0 Å². The number of nitrogens with zero attached hydrogens (tertiary/aromatic N) is 1. The average Bonchev–Trinajstić information content (AvgIpc) is 2.12. The molecule has 1 heterocycles. The number of piperidine rings is 1. The third-order valence-electron chi connectivity index (χ3n) is 3.35. The summed E-state index contributed by atoms with van der Waals surface area (Å²) in [6, 6.07) is 1.52. The lowest BCUT2D eigenvalue weighted by Crippen LogP contribution is -2.46. The molecule has 0 amide bonds. The first-order chi connectivity index (χ1) is 6.65. The topological polar surface area (TPSA) is 12.5 Å². The van der Waals surface area contributed by atoms with Gasteiger partial charge < -0.3 is 4.74 Å². The smallest absolute Gasteiger partial charge is 0.0500 e. The van der Waals surface area contributed by atoms with Crippen molar-refractivity contribution in [3.63, 3.8) is 0 Å². The minimum atomic E-state index is 0.656. The summed E-state index contributed by atoms with van der Waals surface area (Å²) in [5.74, 6) is 0.656. The van der Waals surface area contributed by atoms with E-state index >= 15 is 0 Å². The van der Waals surface area contributed by atoms with E-state index < -0.39 is 0 Å². The highest BCUT2D eigenvalue weighted by atomic mass is 16.5. The van der Waals surface area contributed by atoms with Crippen molar-refractivity contribution in [2.24, 2.45) is 5.92 Å². The van der Waals surface area contributed by atoms with Crippen LogP contribution >= 0.6 is 0 Å². The molecule has 2 unspecified atom stereocenters. The molecule has 0 radical (unpaired) electrons. The van der Waals surface area contributed by atoms with Crippen LogP contribution in [0.4, 0.5) is 0 Å². The zero-order chi connectivity index (χ0) is 10.6. The lowest BCUT2D eigenvalue weighted by Gasteiger charge is -2.40. The van der Waals surface area contributed by atoms with Gasteiger partial charge in [-0.2, -0.15) is 0 Å². The van der Waals surface area contributed by atoms with Crippen LogP contribution in [0.25, 0.3) is 0 Å². The second-order valence-corrected chi connectivity index (χ2v) is 4.89. The molecule has 2 nitrogen and oxygen atoms in total. The van der Waals surface area contributed by atoms with Gasteiger partial charge in [0, 0.05) is 32.3 Å². The molecule has 0 aromatic heterocycles. The molecule has 2 heteroatoms. The van der Waals surface area contributed by atoms with Gasteiger partial charge in [-0.15, -0.1) is 0 Å². The lowest BCUT2D eigenvalue weighted by molar-refractivity contribution is 0.0625. The van der Waals surface area contributed by atoms with Gasteiger partial charge in [-0.25, -0.2) is 0 Å². The van der Waals surface area contributed by atoms with Crippen LogP contribution in [0.1, 0.15) is 40.0 Å². The highest BCUT2D eigenvalue weighted by molar-refractivity contribution is 4.80. The van der Waals surface area contributed by atoms with Gasteiger partial charge >= 0.3 is 0 Å². The molecule has 0 spiro atoms. The maximum Gasteiger partial charge on any atom is 0.0500 e. The predicted molar refractivity (Wildman–Crippen MR) is 60.5 cm³/mol. The second kappa shape index (κ2) is 5.72. The van der Waals surface area contributed by atoms with Crippen molar-refractivity contribution in [1.29, 1.82) is 0 Å². The van der Waals surface area contributed by atoms with Crippen LogP contribution in [-0.4, -0.2) is 37.2 Å². The SMILES string of the molecule is COCC(C)CN1C(C)CCC[C@@H]1C. The molecular formula is C12H25NO. The van der Waals surface area contributed by atoms with Crippen molar-refractivity contribution in [3.05, 3.63) is 0 Å². The fraction of sp³-hybridized carbons (Fsp3) is 1.00. The number of methoxy groups -OCH3 is 1. The van der Waals surface area contributed by atoms with Crippen molar-refractivity contribution >= 4 is 0 Å². The first-order valence-corrected chi connectivity index (χ1v) is 5.89. The minimum Gasteiger partial charge on any atom is -0.384 e. The molecule has 1 saturated heterocycles. The molecule has 0 saturated carbocycles. The molecule has 0 aliphatic carbocycles. The molecule has 14 heavy (non-hydrogen) atoms. The Morgan fingerprint density at radius 3 is 2.36 bits per heavy atom. The summed E-state index contributed by atoms with van der Waals surface area (Å²) in [6.07, 6.45) is 4.13. The zero-order valence-corrected chi connectivity index (χ0v) is 10.1. The first kappa shape index (κ1) is 12.0. The van der Waals surface area contributed by atoms with E-state index in [0.29, 0.717) is 5.92 Å². The van der Waals surface area contributed by atoms with E-state index in [0.717, 1.165) is 18.7 Å². The molecule has 84 valence electrons. The van der Waals surface area contributed by atoms with Gasteiger partial charge in [0.15, 0.2) is 0 Å². The number of ether oxygens (including phenoxy) is 1. The summed E-state index contributed by atoms with van der Waals surface area (Å²) in [6.45, 7) is 9.06. The van der Waals surface area contributed by atoms with Gasteiger partial charge in [0.1, 0.15) is 0 Å². The molecular weight excluding hydrogens is 174 g/mol. The van der Waals surface area contributed by atoms with Crippen LogP contribution in [0.5, 0.6) is 0 Å². The van der Waals surface area contributed by atoms with Crippen LogP contribution in [0, 0.1) is 5.92 Å². The fourth-order valence-electron chi connectivity index (χ4n) is 2.53. The second-order valence-electron chi connectivity index (χ2n) is 4.89. The summed E-state index contributed by atoms with van der Waals surface area (Å²) >= 11 is 0. The largest absolute Gasteiger partial charge is 0.384 e. The van der Waals surface area contributed by atoms with Gasteiger partial charge in [-0.3, -0.25) is 4.90 Å². The Kier molecular flexibility index (Phi) is 4.90. The number of hydrogen-bond donors (Lipinski definition) is 0. The molecule has 0 aromatic rings. The van der Waals surface area contributed by atoms with Gasteiger partial charge in [-0.1, -0.05) is 13.3 Å². The van der Waals surface area contributed by atoms with E-state index in [1.165, 1.54) is 25.8 Å². The highest BCUT2D eigenvalue weighted by Gasteiger charge is 2.25. The van der Waals surface area contributed by atoms with Crippen LogP contribution in [0.2, 0.25) is 0 Å². The minimum absolute atomic E-state index is 0.656. The van der Waals surface area contributed by atoms with E-state index in [9.17, 15) is 0 Å². The van der Waals surface area contributed by atoms with Crippen molar-refractivity contribution in [3.8, 4) is 0 Å². The lowest BCUT2D eigenvalue weighted by atomic mass is 9.96. The molecule has 0 bridgehead atoms. The normalized spacial score (nSPS) is 31.7. The first-order valence-electron chi connectivity index (χ1n) is 5.89. The summed E-state index contributed by atoms with van der Waals surface area (Å²) in [5, 5.41) is 0. The van der Waals surface area contributed by atoms with Crippen molar-refractivity contribution < 1.29 is 4.74 Å². The third kappa shape index (κ3) is 3.25. The Bertz CT molecular complexity index is 150. The summed E-state index contributed by atoms with van der Waals surface area (Å²) in [7, 11) is 1.79. The van der Waals surface area contributed by atoms with Crippen molar-refractivity contribution in [2.45, 2.75) is 52.1 Å². The predicted octanol–water partition coefficient (Wildman–Crippen LogP) is 2.53. The Hall–Kier alpha value is -0.0800. The monoisotopic (exact) mass is 199 g/mol. The molecule has 1 fully saturated rings. The Morgan fingerprint density at radius 1 is 1.29 bits per heavy atom. The number of rotatable bonds is 4. The maximum atomic E-state index is 5.19. The van der Waals surface area contributed by atoms with E-state index in [-0.39, 0.29) is 0 Å². The van der Waals surface area contributed by atoms with Crippen molar-refractivity contribution in [1.82, 2.24) is 4.90 Å². The van der Waals surface area contributed by atoms with E-state index in [1.807, 2.05) is 0 Å². The van der Waals surface area contributed by atoms with Crippen LogP contribution in [-0.2, 0) is 4.74 Å². The maximum absolute atomic E-state index is 5.19. The van der Waals surface area contributed by atoms with Gasteiger partial charge in [0.25, 0.3) is 0 Å². The zero-order valence-electron chi connectivity index (χ0n) is 10.1. The molecule has 0 N–H and O–H groups in total. The standard InChI is InChI=1S/C12H25NO/c1-10(9-14-4)8-13-11(2)6-5-7-12(13)3/h10-12H,5-9H2,1-4H3/t10?,11-,12?/m0/s1. The van der Waals surface area contributed by atoms with Crippen LogP contribution < -0.4 is 0 Å². The number of likely N-dealkylation sites (tertiary alicyclic amines) is 1. The highest BCUT2D eigenvalue weighted by Crippen LogP contribution is 2.23. The quantitative estimate of drug-likeness (QED) is 0.690. The molecule has 0 aromatic carbocycles. The van der Waals surface area contributed by atoms with Crippen molar-refractivity contribution in [2.75, 3.05) is 20.3 Å². The van der Waals surface area contributed by atoms with Crippen LogP contribution in [0.3, 0.4) is 0 Å². The van der Waals surface area contributed by atoms with E-state index in [1.54, 1.807) is 7.11 Å². The Labute approximate surface area is 88.6 Å². The molecule has 1 aliphatic rings. The van der Waals surface area contributed by atoms with Gasteiger partial charge in [0.05, 0.1) is 0 Å². The average molecular weight is 199 g/mol. The Balaban J connectivity index is 2.39. The fourth-order valence-corrected chi connectivity index (χ4v) is 2.53. The third-order valence-corrected chi connectivity index (χ3v) is 3.35. The van der Waals surface area contributed by atoms with Gasteiger partial charge in [-0.05, 0) is 32.6 Å². The molecule has 1 rings (SSSR count). The van der Waals surface area contributed by atoms with E-state index in [4.69, 9.17) is 4.74 Å². The molecule has 3 atom stereocenters. The van der Waals surface area contributed by atoms with Gasteiger partial charge in [0.2, 0.25) is 0 Å². The summed E-state index contributed by atoms with van der Waals surface area (Å²) in [5.41, 5.74) is 0. The number of hydrogen-bond acceptors (Lipinski definition) is 2. The molecule has 1 aliphatic heterocycles.